The largest absolute Gasteiger partial charge is 0.288 e. The fraction of sp³-hybridized carbons (Fsp3) is 0.875. The van der Waals surface area contributed by atoms with Gasteiger partial charge < -0.3 is 0 Å². The van der Waals surface area contributed by atoms with E-state index < -0.39 is 0 Å². The molecule has 1 N–H and O–H groups in total. The van der Waals surface area contributed by atoms with Gasteiger partial charge in [0.05, 0.1) is 6.17 Å². The summed E-state index contributed by atoms with van der Waals surface area (Å²) >= 11 is 0. The summed E-state index contributed by atoms with van der Waals surface area (Å²) in [6, 6.07) is 0.616. The molecule has 0 aromatic carbocycles. The quantitative estimate of drug-likeness (QED) is 0.608. The molecule has 1 fully saturated rings. The van der Waals surface area contributed by atoms with Crippen molar-refractivity contribution in [2.45, 2.75) is 38.4 Å². The summed E-state index contributed by atoms with van der Waals surface area (Å²) in [5.74, 6) is 0.917. The molecule has 2 unspecified atom stereocenters. The minimum atomic E-state index is 0.422. The maximum Gasteiger partial charge on any atom is 0.0993 e. The van der Waals surface area contributed by atoms with Crippen molar-refractivity contribution >= 4 is 6.21 Å². The summed E-state index contributed by atoms with van der Waals surface area (Å²) in [5, 5.41) is 3.48. The highest BCUT2D eigenvalue weighted by molar-refractivity contribution is 5.67. The van der Waals surface area contributed by atoms with Crippen LogP contribution in [-0.2, 0) is 0 Å². The Hall–Kier alpha value is -0.370. The first kappa shape index (κ1) is 6.35. The molecule has 10 heavy (non-hydrogen) atoms. The molecule has 0 amide bonds. The van der Waals surface area contributed by atoms with Gasteiger partial charge >= 0.3 is 0 Å². The summed E-state index contributed by atoms with van der Waals surface area (Å²) in [5.41, 5.74) is 0. The molecule has 0 saturated heterocycles. The second kappa shape index (κ2) is 2.35. The van der Waals surface area contributed by atoms with Gasteiger partial charge in [0.1, 0.15) is 0 Å². The first-order valence-corrected chi connectivity index (χ1v) is 4.19. The van der Waals surface area contributed by atoms with Crippen molar-refractivity contribution in [2.24, 2.45) is 10.9 Å². The number of nitrogens with zero attached hydrogens (tertiary/aromatic N) is 1. The van der Waals surface area contributed by atoms with Crippen molar-refractivity contribution < 1.29 is 0 Å². The normalized spacial score (nSPS) is 38.9. The van der Waals surface area contributed by atoms with Crippen molar-refractivity contribution in [1.29, 1.82) is 0 Å². The van der Waals surface area contributed by atoms with E-state index in [9.17, 15) is 0 Å². The van der Waals surface area contributed by atoms with Crippen LogP contribution >= 0.6 is 0 Å². The van der Waals surface area contributed by atoms with Crippen molar-refractivity contribution in [2.75, 3.05) is 0 Å². The molecule has 2 atom stereocenters. The first-order chi connectivity index (χ1) is 4.90. The van der Waals surface area contributed by atoms with Crippen molar-refractivity contribution in [1.82, 2.24) is 5.32 Å². The van der Waals surface area contributed by atoms with Gasteiger partial charge in [-0.15, -0.1) is 0 Å². The fourth-order valence-electron chi connectivity index (χ4n) is 1.44. The molecule has 56 valence electrons. The predicted octanol–water partition coefficient (Wildman–Crippen LogP) is 1.18. The second-order valence-electron chi connectivity index (χ2n) is 3.25. The Morgan fingerprint density at radius 3 is 2.90 bits per heavy atom. The number of nitrogens with one attached hydrogen (secondary N) is 1. The van der Waals surface area contributed by atoms with Gasteiger partial charge in [0.2, 0.25) is 0 Å². The summed E-state index contributed by atoms with van der Waals surface area (Å²) in [6.07, 6.45) is 6.46. The molecule has 2 aliphatic rings. The van der Waals surface area contributed by atoms with Crippen molar-refractivity contribution in [3.8, 4) is 0 Å². The van der Waals surface area contributed by atoms with Gasteiger partial charge in [0, 0.05) is 12.3 Å². The van der Waals surface area contributed by atoms with E-state index in [1.54, 1.807) is 0 Å². The van der Waals surface area contributed by atoms with E-state index in [-0.39, 0.29) is 0 Å². The molecule has 1 aliphatic heterocycles. The van der Waals surface area contributed by atoms with Crippen LogP contribution < -0.4 is 5.32 Å². The second-order valence-corrected chi connectivity index (χ2v) is 3.25. The lowest BCUT2D eigenvalue weighted by atomic mass is 10.2. The third-order valence-electron chi connectivity index (χ3n) is 2.33. The minimum Gasteiger partial charge on any atom is -0.288 e. The highest BCUT2D eigenvalue weighted by atomic mass is 15.1. The van der Waals surface area contributed by atoms with E-state index in [0.29, 0.717) is 12.2 Å². The van der Waals surface area contributed by atoms with Crippen LogP contribution in [0.2, 0.25) is 0 Å². The van der Waals surface area contributed by atoms with Gasteiger partial charge in [-0.05, 0) is 25.2 Å². The van der Waals surface area contributed by atoms with E-state index >= 15 is 0 Å². The van der Waals surface area contributed by atoms with E-state index in [2.05, 4.69) is 23.4 Å². The van der Waals surface area contributed by atoms with E-state index in [4.69, 9.17) is 0 Å². The third kappa shape index (κ3) is 1.08. The summed E-state index contributed by atoms with van der Waals surface area (Å²) in [6.45, 7) is 2.17. The third-order valence-corrected chi connectivity index (χ3v) is 2.33. The molecule has 0 aromatic heterocycles. The smallest absolute Gasteiger partial charge is 0.0993 e. The van der Waals surface area contributed by atoms with Gasteiger partial charge in [-0.1, -0.05) is 6.92 Å². The first-order valence-electron chi connectivity index (χ1n) is 4.19. The van der Waals surface area contributed by atoms with Crippen LogP contribution in [0.4, 0.5) is 0 Å². The van der Waals surface area contributed by atoms with Gasteiger partial charge in [-0.25, -0.2) is 0 Å². The van der Waals surface area contributed by atoms with Gasteiger partial charge in [0.15, 0.2) is 0 Å². The van der Waals surface area contributed by atoms with Crippen molar-refractivity contribution in [3.05, 3.63) is 0 Å². The number of hydrogen-bond donors (Lipinski definition) is 1. The molecule has 1 heterocycles. The predicted molar refractivity (Wildman–Crippen MR) is 42.2 cm³/mol. The maximum absolute atomic E-state index is 4.36. The van der Waals surface area contributed by atoms with Gasteiger partial charge in [0.25, 0.3) is 0 Å². The molecular weight excluding hydrogens is 124 g/mol. The molecule has 2 rings (SSSR count). The molecule has 0 bridgehead atoms. The fourth-order valence-corrected chi connectivity index (χ4v) is 1.44. The topological polar surface area (TPSA) is 24.4 Å². The molecule has 2 heteroatoms. The van der Waals surface area contributed by atoms with E-state index in [1.807, 2.05) is 0 Å². The Labute approximate surface area is 61.7 Å². The molecule has 1 saturated carbocycles. The van der Waals surface area contributed by atoms with Gasteiger partial charge in [-0.2, -0.15) is 0 Å². The lowest BCUT2D eigenvalue weighted by Gasteiger charge is -2.09. The number of aliphatic imine (C=N–C) groups is 1. The number of hydrogen-bond acceptors (Lipinski definition) is 2. The zero-order valence-electron chi connectivity index (χ0n) is 6.38. The van der Waals surface area contributed by atoms with Gasteiger partial charge in [-0.3, -0.25) is 10.3 Å². The highest BCUT2D eigenvalue weighted by Crippen LogP contribution is 2.33. The lowest BCUT2D eigenvalue weighted by Crippen LogP contribution is -2.32. The van der Waals surface area contributed by atoms with Crippen LogP contribution in [0.15, 0.2) is 4.99 Å². The number of rotatable bonds is 2. The van der Waals surface area contributed by atoms with Crippen LogP contribution in [-0.4, -0.2) is 18.4 Å². The van der Waals surface area contributed by atoms with Crippen LogP contribution in [0, 0.1) is 5.92 Å². The maximum atomic E-state index is 4.36. The molecule has 0 aromatic rings. The summed E-state index contributed by atoms with van der Waals surface area (Å²) in [7, 11) is 0. The molecule has 1 aliphatic carbocycles. The Morgan fingerprint density at radius 1 is 1.60 bits per heavy atom. The highest BCUT2D eigenvalue weighted by Gasteiger charge is 2.33. The molecular formula is C8H14N2. The van der Waals surface area contributed by atoms with Crippen LogP contribution in [0.1, 0.15) is 26.2 Å². The van der Waals surface area contributed by atoms with E-state index in [0.717, 1.165) is 12.3 Å². The van der Waals surface area contributed by atoms with Crippen LogP contribution in [0.5, 0.6) is 0 Å². The Morgan fingerprint density at radius 2 is 2.40 bits per heavy atom. The SMILES string of the molecule is CCC1N=CC(C2CC2)N1. The van der Waals surface area contributed by atoms with Crippen molar-refractivity contribution in [3.63, 3.8) is 0 Å². The molecule has 0 radical (unpaired) electrons. The zero-order chi connectivity index (χ0) is 6.97. The monoisotopic (exact) mass is 138 g/mol. The lowest BCUT2D eigenvalue weighted by molar-refractivity contribution is 0.498. The average molecular weight is 138 g/mol. The molecule has 0 spiro atoms. The minimum absolute atomic E-state index is 0.422. The Balaban J connectivity index is 1.88. The zero-order valence-corrected chi connectivity index (χ0v) is 6.38. The average Bonchev–Trinajstić information content (AvgIpc) is 2.70. The van der Waals surface area contributed by atoms with E-state index in [1.165, 1.54) is 12.8 Å². The summed E-state index contributed by atoms with van der Waals surface area (Å²) < 4.78 is 0. The van der Waals surface area contributed by atoms with Crippen LogP contribution in [0.3, 0.4) is 0 Å². The Bertz CT molecular complexity index is 149. The Kier molecular flexibility index (Phi) is 1.49. The standard InChI is InChI=1S/C8H14N2/c1-2-8-9-5-7(10-8)6-3-4-6/h5-8,10H,2-4H2,1H3. The summed E-state index contributed by atoms with van der Waals surface area (Å²) in [4.78, 5) is 4.36. The molecule has 2 nitrogen and oxygen atoms in total. The van der Waals surface area contributed by atoms with Crippen LogP contribution in [0.25, 0.3) is 0 Å².